The molecule has 1 fully saturated rings. The molecule has 0 aromatic heterocycles. The van der Waals surface area contributed by atoms with Gasteiger partial charge in [-0.05, 0) is 46.5 Å². The van der Waals surface area contributed by atoms with Gasteiger partial charge in [-0.1, -0.05) is 6.08 Å². The molecule has 1 heterocycles. The lowest BCUT2D eigenvalue weighted by Crippen LogP contribution is -2.31. The summed E-state index contributed by atoms with van der Waals surface area (Å²) in [6.45, 7) is 9.95. The first kappa shape index (κ1) is 16.2. The Labute approximate surface area is 115 Å². The molecular weight excluding hydrogens is 244 g/mol. The zero-order valence-corrected chi connectivity index (χ0v) is 12.3. The molecule has 4 heteroatoms. The molecule has 1 aliphatic heterocycles. The van der Waals surface area contributed by atoms with Crippen LogP contribution in [-0.4, -0.2) is 35.5 Å². The van der Waals surface area contributed by atoms with Gasteiger partial charge < -0.3 is 14.6 Å². The Hall–Kier alpha value is -0.870. The van der Waals surface area contributed by atoms with Crippen molar-refractivity contribution >= 4 is 5.97 Å². The molecule has 0 aromatic carbocycles. The van der Waals surface area contributed by atoms with Crippen LogP contribution in [0.3, 0.4) is 0 Å². The number of carbonyl (C=O) groups excluding carboxylic acids is 1. The quantitative estimate of drug-likeness (QED) is 0.618. The van der Waals surface area contributed by atoms with E-state index in [9.17, 15) is 9.90 Å². The minimum Gasteiger partial charge on any atom is -0.460 e. The lowest BCUT2D eigenvalue weighted by molar-refractivity contribution is -0.160. The molecule has 0 aliphatic carbocycles. The largest absolute Gasteiger partial charge is 0.460 e. The number of carbonyl (C=O) groups is 1. The van der Waals surface area contributed by atoms with Crippen molar-refractivity contribution in [2.75, 3.05) is 13.2 Å². The molecule has 0 amide bonds. The normalized spacial score (nSPS) is 29.8. The van der Waals surface area contributed by atoms with Crippen molar-refractivity contribution in [2.24, 2.45) is 5.92 Å². The summed E-state index contributed by atoms with van der Waals surface area (Å²) >= 11 is 0. The molecule has 2 unspecified atom stereocenters. The van der Waals surface area contributed by atoms with E-state index in [4.69, 9.17) is 9.47 Å². The zero-order chi connectivity index (χ0) is 14.5. The molecular formula is C15H26O4. The van der Waals surface area contributed by atoms with Crippen molar-refractivity contribution in [3.8, 4) is 0 Å². The molecule has 0 aromatic rings. The van der Waals surface area contributed by atoms with Crippen LogP contribution in [0, 0.1) is 5.92 Å². The fourth-order valence-electron chi connectivity index (χ4n) is 2.13. The highest BCUT2D eigenvalue weighted by atomic mass is 16.6. The summed E-state index contributed by atoms with van der Waals surface area (Å²) in [5, 5.41) is 10.2. The Morgan fingerprint density at radius 1 is 1.47 bits per heavy atom. The van der Waals surface area contributed by atoms with Crippen LogP contribution in [0.2, 0.25) is 0 Å². The lowest BCUT2D eigenvalue weighted by Gasteiger charge is -2.24. The van der Waals surface area contributed by atoms with E-state index in [1.54, 1.807) is 0 Å². The first-order chi connectivity index (χ1) is 8.76. The van der Waals surface area contributed by atoms with E-state index in [2.05, 4.69) is 6.58 Å². The molecule has 0 spiro atoms. The summed E-state index contributed by atoms with van der Waals surface area (Å²) in [6, 6.07) is 0. The van der Waals surface area contributed by atoms with Gasteiger partial charge in [0.25, 0.3) is 0 Å². The topological polar surface area (TPSA) is 55.8 Å². The third-order valence-electron chi connectivity index (χ3n) is 3.25. The molecule has 19 heavy (non-hydrogen) atoms. The van der Waals surface area contributed by atoms with Gasteiger partial charge in [-0.15, -0.1) is 6.58 Å². The molecule has 110 valence electrons. The van der Waals surface area contributed by atoms with Gasteiger partial charge in [0.05, 0.1) is 12.5 Å². The third-order valence-corrected chi connectivity index (χ3v) is 3.25. The monoisotopic (exact) mass is 270 g/mol. The van der Waals surface area contributed by atoms with Crippen molar-refractivity contribution in [3.63, 3.8) is 0 Å². The van der Waals surface area contributed by atoms with Gasteiger partial charge in [0.15, 0.2) is 0 Å². The molecule has 1 N–H and O–H groups in total. The highest BCUT2D eigenvalue weighted by Gasteiger charge is 2.29. The van der Waals surface area contributed by atoms with E-state index < -0.39 is 11.2 Å². The van der Waals surface area contributed by atoms with E-state index in [1.165, 1.54) is 6.08 Å². The molecule has 1 saturated heterocycles. The second-order valence-electron chi connectivity index (χ2n) is 6.27. The van der Waals surface area contributed by atoms with E-state index >= 15 is 0 Å². The summed E-state index contributed by atoms with van der Waals surface area (Å²) in [5.74, 6) is -0.313. The summed E-state index contributed by atoms with van der Waals surface area (Å²) in [7, 11) is 0. The maximum atomic E-state index is 12.1. The number of rotatable bonds is 2. The first-order valence-corrected chi connectivity index (χ1v) is 6.92. The average molecular weight is 270 g/mol. The number of hydrogen-bond donors (Lipinski definition) is 1. The van der Waals surface area contributed by atoms with Gasteiger partial charge in [-0.2, -0.15) is 0 Å². The van der Waals surface area contributed by atoms with Gasteiger partial charge in [0.1, 0.15) is 11.2 Å². The summed E-state index contributed by atoms with van der Waals surface area (Å²) in [4.78, 5) is 12.1. The van der Waals surface area contributed by atoms with E-state index in [0.717, 1.165) is 6.42 Å². The van der Waals surface area contributed by atoms with Crippen molar-refractivity contribution in [1.29, 1.82) is 0 Å². The number of ether oxygens (including phenoxy) is 2. The summed E-state index contributed by atoms with van der Waals surface area (Å²) in [5.41, 5.74) is -1.43. The summed E-state index contributed by atoms with van der Waals surface area (Å²) < 4.78 is 10.9. The molecule has 0 saturated carbocycles. The predicted molar refractivity (Wildman–Crippen MR) is 73.8 cm³/mol. The van der Waals surface area contributed by atoms with Gasteiger partial charge in [-0.3, -0.25) is 4.79 Å². The molecule has 0 bridgehead atoms. The van der Waals surface area contributed by atoms with Gasteiger partial charge in [0, 0.05) is 6.61 Å². The fourth-order valence-corrected chi connectivity index (χ4v) is 2.13. The Bertz CT molecular complexity index is 319. The van der Waals surface area contributed by atoms with Gasteiger partial charge >= 0.3 is 5.97 Å². The fraction of sp³-hybridized carbons (Fsp3) is 0.800. The van der Waals surface area contributed by atoms with Crippen LogP contribution in [0.25, 0.3) is 0 Å². The van der Waals surface area contributed by atoms with Crippen LogP contribution in [0.15, 0.2) is 12.7 Å². The average Bonchev–Trinajstić information content (AvgIpc) is 2.38. The van der Waals surface area contributed by atoms with Gasteiger partial charge in [-0.25, -0.2) is 0 Å². The Kier molecular flexibility index (Phi) is 5.56. The number of aliphatic hydroxyl groups is 1. The van der Waals surface area contributed by atoms with Crippen LogP contribution in [0.4, 0.5) is 0 Å². The van der Waals surface area contributed by atoms with Crippen LogP contribution in [-0.2, 0) is 14.3 Å². The second-order valence-corrected chi connectivity index (χ2v) is 6.27. The van der Waals surface area contributed by atoms with Crippen LogP contribution in [0.5, 0.6) is 0 Å². The van der Waals surface area contributed by atoms with Crippen molar-refractivity contribution in [2.45, 2.75) is 57.7 Å². The van der Waals surface area contributed by atoms with Crippen LogP contribution < -0.4 is 0 Å². The van der Waals surface area contributed by atoms with Crippen molar-refractivity contribution in [3.05, 3.63) is 12.7 Å². The molecule has 1 aliphatic rings. The third kappa shape index (κ3) is 5.74. The molecule has 2 atom stereocenters. The van der Waals surface area contributed by atoms with Crippen LogP contribution >= 0.6 is 0 Å². The lowest BCUT2D eigenvalue weighted by atomic mass is 9.93. The predicted octanol–water partition coefficient (Wildman–Crippen LogP) is 2.45. The first-order valence-electron chi connectivity index (χ1n) is 6.92. The highest BCUT2D eigenvalue weighted by Crippen LogP contribution is 2.25. The Morgan fingerprint density at radius 3 is 2.74 bits per heavy atom. The zero-order valence-electron chi connectivity index (χ0n) is 12.3. The summed E-state index contributed by atoms with van der Waals surface area (Å²) in [6.07, 6.45) is 4.21. The molecule has 4 nitrogen and oxygen atoms in total. The number of hydrogen-bond acceptors (Lipinski definition) is 4. The minimum atomic E-state index is -0.969. The van der Waals surface area contributed by atoms with Crippen molar-refractivity contribution in [1.82, 2.24) is 0 Å². The SMILES string of the molecule is C=CC1(O)CCCC(C(=O)OC(C)(C)C)CCOC1. The maximum Gasteiger partial charge on any atom is 0.309 e. The second kappa shape index (κ2) is 6.53. The highest BCUT2D eigenvalue weighted by molar-refractivity contribution is 5.72. The van der Waals surface area contributed by atoms with Crippen LogP contribution in [0.1, 0.15) is 46.5 Å². The van der Waals surface area contributed by atoms with E-state index in [-0.39, 0.29) is 18.5 Å². The Balaban J connectivity index is 2.58. The van der Waals surface area contributed by atoms with Crippen molar-refractivity contribution < 1.29 is 19.4 Å². The Morgan fingerprint density at radius 2 is 2.16 bits per heavy atom. The maximum absolute atomic E-state index is 12.1. The van der Waals surface area contributed by atoms with Gasteiger partial charge in [0.2, 0.25) is 0 Å². The smallest absolute Gasteiger partial charge is 0.309 e. The van der Waals surface area contributed by atoms with E-state index in [0.29, 0.717) is 25.9 Å². The minimum absolute atomic E-state index is 0.147. The number of esters is 1. The molecule has 1 rings (SSSR count). The molecule has 0 radical (unpaired) electrons. The van der Waals surface area contributed by atoms with E-state index in [1.807, 2.05) is 20.8 Å². The standard InChI is InChI=1S/C15H26O4/c1-5-15(17)9-6-7-12(8-10-18-11-15)13(16)19-14(2,3)4/h5,12,17H,1,6-11H2,2-4H3.